The van der Waals surface area contributed by atoms with Crippen molar-refractivity contribution in [2.45, 2.75) is 37.0 Å². The lowest BCUT2D eigenvalue weighted by Crippen LogP contribution is -2.43. The molecule has 482 valence electrons. The van der Waals surface area contributed by atoms with E-state index in [0.29, 0.717) is 68.8 Å². The maximum absolute atomic E-state index is 13.9. The summed E-state index contributed by atoms with van der Waals surface area (Å²) >= 11 is 5.80. The van der Waals surface area contributed by atoms with Crippen LogP contribution in [0.25, 0.3) is 0 Å². The van der Waals surface area contributed by atoms with E-state index < -0.39 is 71.2 Å². The zero-order valence-electron chi connectivity index (χ0n) is 50.9. The highest BCUT2D eigenvalue weighted by Gasteiger charge is 2.55. The van der Waals surface area contributed by atoms with E-state index in [2.05, 4.69) is 31.3 Å². The van der Waals surface area contributed by atoms with Crippen LogP contribution >= 0.6 is 11.6 Å². The second kappa shape index (κ2) is 25.2. The molecule has 8 aromatic rings. The normalized spacial score (nSPS) is 20.7. The first-order valence-electron chi connectivity index (χ1n) is 29.1. The molecule has 3 N–H and O–H groups in total. The third-order valence-electron chi connectivity index (χ3n) is 17.5. The Hall–Kier alpha value is -10.7. The summed E-state index contributed by atoms with van der Waals surface area (Å²) in [5.41, 5.74) is 5.93. The van der Waals surface area contributed by atoms with Gasteiger partial charge in [-0.1, -0.05) is 34.2 Å². The largest absolute Gasteiger partial charge is 0.504 e. The fraction of sp³-hybridized carbons (Fsp3) is 0.323. The lowest BCUT2D eigenvalue weighted by molar-refractivity contribution is -0.142. The molecule has 0 spiro atoms. The Kier molecular flexibility index (Phi) is 16.6. The van der Waals surface area contributed by atoms with Crippen molar-refractivity contribution in [1.29, 1.82) is 0 Å². The van der Waals surface area contributed by atoms with Crippen LogP contribution in [0.2, 0.25) is 5.02 Å². The van der Waals surface area contributed by atoms with Gasteiger partial charge in [-0.3, -0.25) is 19.2 Å². The minimum Gasteiger partial charge on any atom is -0.504 e. The summed E-state index contributed by atoms with van der Waals surface area (Å²) in [4.78, 5) is 54.3. The predicted molar refractivity (Wildman–Crippen MR) is 322 cm³/mol. The Morgan fingerprint density at radius 3 is 1.32 bits per heavy atom. The number of nitrogens with zero attached hydrogens (tertiary/aromatic N) is 6. The number of esters is 2. The Balaban J connectivity index is 0.000000169. The summed E-state index contributed by atoms with van der Waals surface area (Å²) in [5, 5.41) is 32.6. The number of methoxy groups -OCH3 is 7. The molecular formula is C65H60ClFN8O18. The molecule has 6 heterocycles. The molecule has 0 bridgehead atoms. The Bertz CT molecular complexity index is 4230. The first kappa shape index (κ1) is 61.2. The molecule has 14 rings (SSSR count). The second-order valence-corrected chi connectivity index (χ2v) is 22.8. The number of ether oxygens (including phenoxy) is 13. The number of amides is 2. The molecule has 2 aliphatic carbocycles. The van der Waals surface area contributed by atoms with Crippen molar-refractivity contribution in [3.8, 4) is 69.0 Å². The highest BCUT2D eigenvalue weighted by atomic mass is 35.5. The van der Waals surface area contributed by atoms with Gasteiger partial charge in [0.1, 0.15) is 5.82 Å². The number of aromatic nitrogens is 6. The standard InChI is InChI=1S/C33H32N4O10.C32H28ClFN4O8/c1-41-23-6-5-16(7-22(23)38)12-37-13-21(35-36-37)32(39)34-30-19-11-25-24(46-15-47-25)10-18(19)28(29-20(30)14-45-33(29)40)17-8-26(42-2)31(44-4)27(9-17)43-3;1-41-25-7-16(8-26(42-2)30(25)43-3)27-17-9-23-24(46-14-45-23)10-18(17)29(19-13-44-32(40)28(19)27)35-31(39)22-12-38(37-36-22)11-15-4-5-20(33)21(34)6-15/h5-11,13,20,28-30,38H,12,14-15H2,1-4H3,(H,34,39);4-10,12,19,27-29H,11,13-14H2,1-3H3,(H,35,39)/t20-,28+,29-,30+;19-,27+,28-,29+/m00/s1. The third kappa shape index (κ3) is 11.2. The summed E-state index contributed by atoms with van der Waals surface area (Å²) < 4.78 is 89.7. The number of carbonyl (C=O) groups excluding carboxylic acids is 4. The van der Waals surface area contributed by atoms with Crippen LogP contribution in [-0.4, -0.2) is 135 Å². The fourth-order valence-corrected chi connectivity index (χ4v) is 13.4. The minimum atomic E-state index is -0.670. The molecule has 0 saturated carbocycles. The van der Waals surface area contributed by atoms with Crippen LogP contribution in [-0.2, 0) is 32.2 Å². The van der Waals surface area contributed by atoms with E-state index in [0.717, 1.165) is 38.9 Å². The molecule has 6 aliphatic rings. The number of hydrogen-bond donors (Lipinski definition) is 3. The molecule has 6 aromatic carbocycles. The molecule has 2 fully saturated rings. The summed E-state index contributed by atoms with van der Waals surface area (Å²) in [6.07, 6.45) is 2.99. The number of halogens is 2. The van der Waals surface area contributed by atoms with Gasteiger partial charge in [-0.05, 0) is 117 Å². The van der Waals surface area contributed by atoms with Gasteiger partial charge in [-0.15, -0.1) is 10.2 Å². The Morgan fingerprint density at radius 1 is 0.538 bits per heavy atom. The SMILES string of the molecule is COc1cc([C@@H]2c3cc4c(cc3[C@@H](NC(=O)c3cn(Cc5ccc(Cl)c(F)c5)nn3)[C@H]3COC(=O)[C@H]23)OCO4)cc(OC)c1OC.COc1ccc(Cn2cc(C(=O)N[C@@H]3c4cc5c(cc4[C@@H](c4cc(OC)c(OC)c(OC)c4)[C@H]4C(=O)OC[C@@H]43)OCO5)nn2)cc1O. The molecule has 93 heavy (non-hydrogen) atoms. The van der Waals surface area contributed by atoms with Crippen molar-refractivity contribution in [3.63, 3.8) is 0 Å². The van der Waals surface area contributed by atoms with Gasteiger partial charge >= 0.3 is 11.9 Å². The number of carbonyl (C=O) groups is 4. The van der Waals surface area contributed by atoms with Gasteiger partial charge in [-0.25, -0.2) is 13.8 Å². The molecule has 2 saturated heterocycles. The number of nitrogens with one attached hydrogen (secondary N) is 2. The number of phenolic OH excluding ortho intramolecular Hbond substituents is 1. The van der Waals surface area contributed by atoms with Crippen molar-refractivity contribution >= 4 is 35.4 Å². The third-order valence-corrected chi connectivity index (χ3v) is 17.8. The van der Waals surface area contributed by atoms with Crippen LogP contribution in [0.3, 0.4) is 0 Å². The Labute approximate surface area is 534 Å². The quantitative estimate of drug-likeness (QED) is 0.0744. The molecule has 0 radical (unpaired) electrons. The number of benzene rings is 6. The fourth-order valence-electron chi connectivity index (χ4n) is 13.3. The second-order valence-electron chi connectivity index (χ2n) is 22.4. The van der Waals surface area contributed by atoms with Crippen LogP contribution in [0.15, 0.2) is 97.3 Å². The zero-order valence-corrected chi connectivity index (χ0v) is 51.7. The molecule has 8 atom stereocenters. The van der Waals surface area contributed by atoms with Gasteiger partial charge in [0, 0.05) is 23.7 Å². The highest BCUT2D eigenvalue weighted by Crippen LogP contribution is 2.58. The number of phenols is 1. The highest BCUT2D eigenvalue weighted by molar-refractivity contribution is 6.30. The van der Waals surface area contributed by atoms with Gasteiger partial charge in [0.15, 0.2) is 68.9 Å². The van der Waals surface area contributed by atoms with Crippen molar-refractivity contribution in [2.24, 2.45) is 23.7 Å². The Morgan fingerprint density at radius 2 is 0.935 bits per heavy atom. The molecular weight excluding hydrogens is 1240 g/mol. The number of hydrogen-bond acceptors (Lipinski definition) is 22. The van der Waals surface area contributed by atoms with Gasteiger partial charge in [0.25, 0.3) is 11.8 Å². The molecule has 26 nitrogen and oxygen atoms in total. The smallest absolute Gasteiger partial charge is 0.310 e. The van der Waals surface area contributed by atoms with Crippen LogP contribution in [0.5, 0.6) is 69.0 Å². The number of fused-ring (bicyclic) bond motifs is 6. The van der Waals surface area contributed by atoms with Gasteiger partial charge in [0.2, 0.25) is 25.1 Å². The van der Waals surface area contributed by atoms with E-state index in [1.54, 1.807) is 24.3 Å². The average molecular weight is 1300 g/mol. The molecule has 4 aliphatic heterocycles. The number of aromatic hydroxyl groups is 1. The van der Waals surface area contributed by atoms with Crippen molar-refractivity contribution in [1.82, 2.24) is 40.6 Å². The summed E-state index contributed by atoms with van der Waals surface area (Å²) in [7, 11) is 10.6. The van der Waals surface area contributed by atoms with Gasteiger partial charge < -0.3 is 77.3 Å². The topological polar surface area (TPSA) is 294 Å². The maximum Gasteiger partial charge on any atom is 0.310 e. The first-order chi connectivity index (χ1) is 45.1. The summed E-state index contributed by atoms with van der Waals surface area (Å²) in [6, 6.07) is 22.8. The molecule has 0 unspecified atom stereocenters. The summed E-state index contributed by atoms with van der Waals surface area (Å²) in [5.74, 6) is -0.495. The van der Waals surface area contributed by atoms with E-state index >= 15 is 0 Å². The van der Waals surface area contributed by atoms with Crippen molar-refractivity contribution < 1.29 is 90.3 Å². The van der Waals surface area contributed by atoms with E-state index in [-0.39, 0.29) is 68.0 Å². The monoisotopic (exact) mass is 1290 g/mol. The lowest BCUT2D eigenvalue weighted by Gasteiger charge is -2.39. The minimum absolute atomic E-state index is 0.00683. The van der Waals surface area contributed by atoms with Gasteiger partial charge in [-0.2, -0.15) is 0 Å². The van der Waals surface area contributed by atoms with E-state index in [1.165, 1.54) is 83.7 Å². The van der Waals surface area contributed by atoms with Crippen LogP contribution in [0.4, 0.5) is 4.39 Å². The number of cyclic esters (lactones) is 2. The first-order valence-corrected chi connectivity index (χ1v) is 29.5. The average Bonchev–Trinajstić information content (AvgIpc) is 1.71. The molecule has 2 aromatic heterocycles. The van der Waals surface area contributed by atoms with E-state index in [1.807, 2.05) is 48.5 Å². The zero-order chi connectivity index (χ0) is 64.9. The molecule has 28 heteroatoms. The van der Waals surface area contributed by atoms with Crippen LogP contribution < -0.4 is 62.7 Å². The number of rotatable bonds is 17. The molecule has 2 amide bonds. The lowest BCUT2D eigenvalue weighted by atomic mass is 9.65. The van der Waals surface area contributed by atoms with Gasteiger partial charge in [0.05, 0.1) is 117 Å². The summed E-state index contributed by atoms with van der Waals surface area (Å²) in [6.45, 7) is 0.702. The maximum atomic E-state index is 13.9. The predicted octanol–water partition coefficient (Wildman–Crippen LogP) is 7.48. The van der Waals surface area contributed by atoms with E-state index in [9.17, 15) is 28.7 Å². The van der Waals surface area contributed by atoms with E-state index in [4.69, 9.17) is 73.2 Å². The van der Waals surface area contributed by atoms with Crippen LogP contribution in [0, 0.1) is 29.5 Å². The van der Waals surface area contributed by atoms with Crippen molar-refractivity contribution in [3.05, 3.63) is 164 Å². The van der Waals surface area contributed by atoms with Crippen molar-refractivity contribution in [2.75, 3.05) is 76.6 Å². The van der Waals surface area contributed by atoms with Crippen LogP contribution in [0.1, 0.15) is 89.4 Å².